The number of methoxy groups -OCH3 is 2. The fourth-order valence-electron chi connectivity index (χ4n) is 2.11. The fourth-order valence-corrected chi connectivity index (χ4v) is 2.11. The van der Waals surface area contributed by atoms with Crippen LogP contribution in [-0.4, -0.2) is 19.3 Å². The lowest BCUT2D eigenvalue weighted by Gasteiger charge is -2.16. The van der Waals surface area contributed by atoms with Crippen molar-refractivity contribution in [1.29, 1.82) is 0 Å². The van der Waals surface area contributed by atoms with Crippen molar-refractivity contribution < 1.29 is 14.6 Å². The van der Waals surface area contributed by atoms with E-state index in [4.69, 9.17) is 9.47 Å². The summed E-state index contributed by atoms with van der Waals surface area (Å²) >= 11 is 0. The van der Waals surface area contributed by atoms with Crippen LogP contribution in [0, 0.1) is 0 Å². The molecule has 2 aromatic rings. The first-order valence-electron chi connectivity index (χ1n) is 6.87. The summed E-state index contributed by atoms with van der Waals surface area (Å²) in [6, 6.07) is 13.4. The van der Waals surface area contributed by atoms with E-state index in [0.29, 0.717) is 12.3 Å². The van der Waals surface area contributed by atoms with Crippen molar-refractivity contribution in [3.05, 3.63) is 53.6 Å². The van der Waals surface area contributed by atoms with Gasteiger partial charge < -0.3 is 19.9 Å². The lowest BCUT2D eigenvalue weighted by atomic mass is 10.1. The van der Waals surface area contributed by atoms with Crippen LogP contribution in [0.4, 0.5) is 0 Å². The topological polar surface area (TPSA) is 50.7 Å². The van der Waals surface area contributed by atoms with E-state index in [1.165, 1.54) is 0 Å². The van der Waals surface area contributed by atoms with Gasteiger partial charge in [0, 0.05) is 24.2 Å². The van der Waals surface area contributed by atoms with Crippen LogP contribution in [0.25, 0.3) is 0 Å². The molecule has 1 unspecified atom stereocenters. The van der Waals surface area contributed by atoms with Gasteiger partial charge in [0.2, 0.25) is 0 Å². The molecule has 2 aromatic carbocycles. The quantitative estimate of drug-likeness (QED) is 0.856. The summed E-state index contributed by atoms with van der Waals surface area (Å²) in [5.74, 6) is 1.73. The van der Waals surface area contributed by atoms with Crippen molar-refractivity contribution in [1.82, 2.24) is 5.32 Å². The first-order valence-corrected chi connectivity index (χ1v) is 6.87. The number of ether oxygens (including phenoxy) is 2. The second kappa shape index (κ2) is 6.99. The van der Waals surface area contributed by atoms with Gasteiger partial charge in [-0.2, -0.15) is 0 Å². The van der Waals surface area contributed by atoms with E-state index in [-0.39, 0.29) is 11.8 Å². The first kappa shape index (κ1) is 15.2. The summed E-state index contributed by atoms with van der Waals surface area (Å²) in [5, 5.41) is 13.3. The van der Waals surface area contributed by atoms with E-state index in [0.717, 1.165) is 16.9 Å². The molecular formula is C17H21NO3. The van der Waals surface area contributed by atoms with Crippen LogP contribution >= 0.6 is 0 Å². The number of phenols is 1. The summed E-state index contributed by atoms with van der Waals surface area (Å²) in [7, 11) is 3.24. The van der Waals surface area contributed by atoms with Crippen LogP contribution in [0.3, 0.4) is 0 Å². The molecule has 0 aliphatic rings. The third-order valence-electron chi connectivity index (χ3n) is 3.48. The van der Waals surface area contributed by atoms with Gasteiger partial charge in [-0.15, -0.1) is 0 Å². The smallest absolute Gasteiger partial charge is 0.123 e. The standard InChI is InChI=1S/C17H21NO3/c1-12(13-5-4-6-15(9-13)20-2)18-11-14-7-8-16(21-3)10-17(14)19/h4-10,12,18-19H,11H2,1-3H3. The summed E-state index contributed by atoms with van der Waals surface area (Å²) in [4.78, 5) is 0. The number of phenolic OH excluding ortho intramolecular Hbond substituents is 1. The first-order chi connectivity index (χ1) is 10.1. The van der Waals surface area contributed by atoms with Crippen molar-refractivity contribution >= 4 is 0 Å². The number of aromatic hydroxyl groups is 1. The minimum absolute atomic E-state index is 0.154. The van der Waals surface area contributed by atoms with Crippen molar-refractivity contribution in [2.45, 2.75) is 19.5 Å². The third kappa shape index (κ3) is 3.89. The van der Waals surface area contributed by atoms with E-state index in [9.17, 15) is 5.11 Å². The van der Waals surface area contributed by atoms with E-state index in [2.05, 4.69) is 12.2 Å². The largest absolute Gasteiger partial charge is 0.507 e. The van der Waals surface area contributed by atoms with Crippen LogP contribution in [0.2, 0.25) is 0 Å². The molecule has 0 fully saturated rings. The summed E-state index contributed by atoms with van der Waals surface area (Å²) < 4.78 is 10.3. The zero-order chi connectivity index (χ0) is 15.2. The molecule has 0 aliphatic heterocycles. The maximum atomic E-state index is 9.95. The molecule has 1 atom stereocenters. The molecule has 0 heterocycles. The lowest BCUT2D eigenvalue weighted by molar-refractivity contribution is 0.405. The Morgan fingerprint density at radius 3 is 2.43 bits per heavy atom. The van der Waals surface area contributed by atoms with Crippen LogP contribution in [0.15, 0.2) is 42.5 Å². The molecule has 0 radical (unpaired) electrons. The van der Waals surface area contributed by atoms with Gasteiger partial charge in [-0.25, -0.2) is 0 Å². The zero-order valence-corrected chi connectivity index (χ0v) is 12.6. The Bertz CT molecular complexity index is 598. The Labute approximate surface area is 125 Å². The predicted molar refractivity (Wildman–Crippen MR) is 82.9 cm³/mol. The van der Waals surface area contributed by atoms with Gasteiger partial charge in [-0.1, -0.05) is 18.2 Å². The molecule has 0 amide bonds. The molecule has 4 heteroatoms. The van der Waals surface area contributed by atoms with Crippen molar-refractivity contribution in [3.63, 3.8) is 0 Å². The minimum Gasteiger partial charge on any atom is -0.507 e. The van der Waals surface area contributed by atoms with Crippen LogP contribution < -0.4 is 14.8 Å². The molecule has 0 aromatic heterocycles. The Morgan fingerprint density at radius 1 is 1.05 bits per heavy atom. The number of rotatable bonds is 6. The van der Waals surface area contributed by atoms with E-state index in [1.807, 2.05) is 36.4 Å². The van der Waals surface area contributed by atoms with Crippen molar-refractivity contribution in [2.75, 3.05) is 14.2 Å². The Kier molecular flexibility index (Phi) is 5.06. The molecular weight excluding hydrogens is 266 g/mol. The molecule has 0 spiro atoms. The minimum atomic E-state index is 0.154. The highest BCUT2D eigenvalue weighted by atomic mass is 16.5. The van der Waals surface area contributed by atoms with E-state index >= 15 is 0 Å². The monoisotopic (exact) mass is 287 g/mol. The summed E-state index contributed by atoms with van der Waals surface area (Å²) in [6.45, 7) is 2.66. The van der Waals surface area contributed by atoms with Gasteiger partial charge in [-0.3, -0.25) is 0 Å². The average molecular weight is 287 g/mol. The van der Waals surface area contributed by atoms with Crippen LogP contribution in [0.1, 0.15) is 24.1 Å². The highest BCUT2D eigenvalue weighted by molar-refractivity contribution is 5.39. The number of benzene rings is 2. The molecule has 112 valence electrons. The van der Waals surface area contributed by atoms with Gasteiger partial charge in [0.05, 0.1) is 14.2 Å². The summed E-state index contributed by atoms with van der Waals surface area (Å²) in [5.41, 5.74) is 1.98. The van der Waals surface area contributed by atoms with Gasteiger partial charge in [-0.05, 0) is 30.7 Å². The zero-order valence-electron chi connectivity index (χ0n) is 12.6. The van der Waals surface area contributed by atoms with E-state index in [1.54, 1.807) is 20.3 Å². The van der Waals surface area contributed by atoms with E-state index < -0.39 is 0 Å². The Morgan fingerprint density at radius 2 is 1.76 bits per heavy atom. The third-order valence-corrected chi connectivity index (χ3v) is 3.48. The molecule has 2 rings (SSSR count). The second-order valence-electron chi connectivity index (χ2n) is 4.87. The molecule has 0 saturated carbocycles. The van der Waals surface area contributed by atoms with Crippen molar-refractivity contribution in [2.24, 2.45) is 0 Å². The highest BCUT2D eigenvalue weighted by Gasteiger charge is 2.08. The van der Waals surface area contributed by atoms with Gasteiger partial charge in [0.15, 0.2) is 0 Å². The summed E-state index contributed by atoms with van der Waals surface area (Å²) in [6.07, 6.45) is 0. The number of nitrogens with one attached hydrogen (secondary N) is 1. The lowest BCUT2D eigenvalue weighted by Crippen LogP contribution is -2.18. The second-order valence-corrected chi connectivity index (χ2v) is 4.87. The van der Waals surface area contributed by atoms with Gasteiger partial charge in [0.25, 0.3) is 0 Å². The fraction of sp³-hybridized carbons (Fsp3) is 0.294. The van der Waals surface area contributed by atoms with Crippen LogP contribution in [0.5, 0.6) is 17.2 Å². The molecule has 0 saturated heterocycles. The van der Waals surface area contributed by atoms with Gasteiger partial charge in [0.1, 0.15) is 17.2 Å². The average Bonchev–Trinajstić information content (AvgIpc) is 2.53. The normalized spacial score (nSPS) is 12.0. The molecule has 4 nitrogen and oxygen atoms in total. The van der Waals surface area contributed by atoms with Crippen LogP contribution in [-0.2, 0) is 6.54 Å². The molecule has 2 N–H and O–H groups in total. The molecule has 21 heavy (non-hydrogen) atoms. The SMILES string of the molecule is COc1cccc(C(C)NCc2ccc(OC)cc2O)c1. The number of hydrogen-bond donors (Lipinski definition) is 2. The maximum absolute atomic E-state index is 9.95. The Hall–Kier alpha value is -2.20. The van der Waals surface area contributed by atoms with Crippen molar-refractivity contribution in [3.8, 4) is 17.2 Å². The highest BCUT2D eigenvalue weighted by Crippen LogP contribution is 2.24. The maximum Gasteiger partial charge on any atom is 0.123 e. The van der Waals surface area contributed by atoms with Gasteiger partial charge >= 0.3 is 0 Å². The Balaban J connectivity index is 2.01. The molecule has 0 aliphatic carbocycles. The number of hydrogen-bond acceptors (Lipinski definition) is 4. The molecule has 0 bridgehead atoms. The predicted octanol–water partition coefficient (Wildman–Crippen LogP) is 3.26.